The van der Waals surface area contributed by atoms with E-state index in [1.165, 1.54) is 32.5 Å². The average Bonchev–Trinajstić information content (AvgIpc) is 2.35. The maximum absolute atomic E-state index is 5.78. The molecule has 0 amide bonds. The van der Waals surface area contributed by atoms with Crippen molar-refractivity contribution < 1.29 is 4.74 Å². The molecule has 2 fully saturated rings. The predicted octanol–water partition coefficient (Wildman–Crippen LogP) is 1.03. The Kier molecular flexibility index (Phi) is 4.88. The SMILES string of the molecule is CNCC1(CN2CCN(C)C(C)(C)C2)CCCOC1. The Bertz CT molecular complexity index is 282. The molecule has 2 aliphatic heterocycles. The zero-order valence-electron chi connectivity index (χ0n) is 13.2. The highest BCUT2D eigenvalue weighted by Gasteiger charge is 2.38. The molecule has 4 nitrogen and oxygen atoms in total. The number of hydrogen-bond acceptors (Lipinski definition) is 4. The van der Waals surface area contributed by atoms with Crippen LogP contribution >= 0.6 is 0 Å². The average molecular weight is 269 g/mol. The fourth-order valence-electron chi connectivity index (χ4n) is 3.56. The Hall–Kier alpha value is -0.160. The minimum atomic E-state index is 0.286. The van der Waals surface area contributed by atoms with Gasteiger partial charge in [-0.15, -0.1) is 0 Å². The summed E-state index contributed by atoms with van der Waals surface area (Å²) in [4.78, 5) is 5.12. The van der Waals surface area contributed by atoms with Gasteiger partial charge in [-0.1, -0.05) is 0 Å². The van der Waals surface area contributed by atoms with E-state index in [1.54, 1.807) is 0 Å². The molecule has 112 valence electrons. The highest BCUT2D eigenvalue weighted by molar-refractivity contribution is 4.93. The molecule has 0 aromatic heterocycles. The number of rotatable bonds is 4. The molecule has 0 aromatic carbocycles. The zero-order chi connectivity index (χ0) is 13.9. The van der Waals surface area contributed by atoms with E-state index in [4.69, 9.17) is 4.74 Å². The van der Waals surface area contributed by atoms with Crippen molar-refractivity contribution in [1.82, 2.24) is 15.1 Å². The molecular formula is C15H31N3O. The van der Waals surface area contributed by atoms with Gasteiger partial charge in [0.25, 0.3) is 0 Å². The second-order valence-corrected chi connectivity index (χ2v) is 7.13. The van der Waals surface area contributed by atoms with Crippen molar-refractivity contribution in [2.45, 2.75) is 32.2 Å². The van der Waals surface area contributed by atoms with E-state index in [0.29, 0.717) is 5.41 Å². The first-order valence-electron chi connectivity index (χ1n) is 7.63. The molecule has 2 aliphatic rings. The number of nitrogens with zero attached hydrogens (tertiary/aromatic N) is 2. The van der Waals surface area contributed by atoms with Crippen LogP contribution in [0.1, 0.15) is 26.7 Å². The Morgan fingerprint density at radius 1 is 1.26 bits per heavy atom. The van der Waals surface area contributed by atoms with E-state index in [0.717, 1.165) is 26.3 Å². The minimum Gasteiger partial charge on any atom is -0.381 e. The lowest BCUT2D eigenvalue weighted by Gasteiger charge is -2.49. The zero-order valence-corrected chi connectivity index (χ0v) is 13.2. The predicted molar refractivity (Wildman–Crippen MR) is 79.6 cm³/mol. The van der Waals surface area contributed by atoms with E-state index in [9.17, 15) is 0 Å². The summed E-state index contributed by atoms with van der Waals surface area (Å²) in [6, 6.07) is 0. The Labute approximate surface area is 118 Å². The Balaban J connectivity index is 1.97. The van der Waals surface area contributed by atoms with Crippen molar-refractivity contribution in [1.29, 1.82) is 0 Å². The van der Waals surface area contributed by atoms with Crippen LogP contribution in [0.5, 0.6) is 0 Å². The van der Waals surface area contributed by atoms with E-state index < -0.39 is 0 Å². The van der Waals surface area contributed by atoms with E-state index >= 15 is 0 Å². The van der Waals surface area contributed by atoms with Crippen molar-refractivity contribution in [2.24, 2.45) is 5.41 Å². The second-order valence-electron chi connectivity index (χ2n) is 7.13. The first kappa shape index (κ1) is 15.2. The fraction of sp³-hybridized carbons (Fsp3) is 1.00. The van der Waals surface area contributed by atoms with Crippen LogP contribution in [0.3, 0.4) is 0 Å². The molecule has 2 heterocycles. The molecule has 0 bridgehead atoms. The van der Waals surface area contributed by atoms with Crippen LogP contribution in [0.4, 0.5) is 0 Å². The molecule has 19 heavy (non-hydrogen) atoms. The van der Waals surface area contributed by atoms with Gasteiger partial charge in [0, 0.05) is 50.3 Å². The first-order valence-corrected chi connectivity index (χ1v) is 7.63. The quantitative estimate of drug-likeness (QED) is 0.825. The van der Waals surface area contributed by atoms with Crippen LogP contribution < -0.4 is 5.32 Å². The van der Waals surface area contributed by atoms with Gasteiger partial charge in [0.1, 0.15) is 0 Å². The van der Waals surface area contributed by atoms with Crippen LogP contribution in [0, 0.1) is 5.41 Å². The third-order valence-corrected chi connectivity index (χ3v) is 4.91. The standard InChI is InChI=1S/C15H31N3O/c1-14(2)11-18(8-7-17(14)4)12-15(10-16-3)6-5-9-19-13-15/h16H,5-13H2,1-4H3. The van der Waals surface area contributed by atoms with Gasteiger partial charge in [-0.3, -0.25) is 9.80 Å². The third kappa shape index (κ3) is 3.69. The van der Waals surface area contributed by atoms with Gasteiger partial charge in [0.15, 0.2) is 0 Å². The summed E-state index contributed by atoms with van der Waals surface area (Å²) in [7, 11) is 4.30. The molecule has 1 N–H and O–H groups in total. The van der Waals surface area contributed by atoms with Crippen molar-refractivity contribution in [2.75, 3.05) is 60.0 Å². The molecule has 1 unspecified atom stereocenters. The maximum Gasteiger partial charge on any atom is 0.0546 e. The summed E-state index contributed by atoms with van der Waals surface area (Å²) >= 11 is 0. The first-order chi connectivity index (χ1) is 8.97. The smallest absolute Gasteiger partial charge is 0.0546 e. The molecule has 0 radical (unpaired) electrons. The number of nitrogens with one attached hydrogen (secondary N) is 1. The molecule has 0 saturated carbocycles. The topological polar surface area (TPSA) is 27.7 Å². The van der Waals surface area contributed by atoms with Crippen molar-refractivity contribution in [3.8, 4) is 0 Å². The van der Waals surface area contributed by atoms with Gasteiger partial charge in [-0.05, 0) is 40.8 Å². The summed E-state index contributed by atoms with van der Waals surface area (Å²) in [6.45, 7) is 12.3. The highest BCUT2D eigenvalue weighted by atomic mass is 16.5. The van der Waals surface area contributed by atoms with Gasteiger partial charge < -0.3 is 10.1 Å². The summed E-state index contributed by atoms with van der Waals surface area (Å²) in [5, 5.41) is 3.38. The van der Waals surface area contributed by atoms with Gasteiger partial charge >= 0.3 is 0 Å². The normalized spacial score (nSPS) is 33.5. The van der Waals surface area contributed by atoms with Crippen LogP contribution in [0.25, 0.3) is 0 Å². The van der Waals surface area contributed by atoms with Crippen molar-refractivity contribution in [3.63, 3.8) is 0 Å². The molecule has 1 atom stereocenters. The summed E-state index contributed by atoms with van der Waals surface area (Å²) in [5.74, 6) is 0. The largest absolute Gasteiger partial charge is 0.381 e. The molecule has 0 aromatic rings. The minimum absolute atomic E-state index is 0.286. The summed E-state index contributed by atoms with van der Waals surface area (Å²) in [5.41, 5.74) is 0.605. The highest BCUT2D eigenvalue weighted by Crippen LogP contribution is 2.31. The van der Waals surface area contributed by atoms with Crippen LogP contribution in [-0.4, -0.2) is 75.4 Å². The van der Waals surface area contributed by atoms with Crippen LogP contribution in [-0.2, 0) is 4.74 Å². The molecule has 0 aliphatic carbocycles. The van der Waals surface area contributed by atoms with Gasteiger partial charge in [-0.25, -0.2) is 0 Å². The molecule has 0 spiro atoms. The van der Waals surface area contributed by atoms with Crippen molar-refractivity contribution >= 4 is 0 Å². The summed E-state index contributed by atoms with van der Waals surface area (Å²) in [6.07, 6.45) is 2.50. The Morgan fingerprint density at radius 2 is 2.05 bits per heavy atom. The van der Waals surface area contributed by atoms with Crippen molar-refractivity contribution in [3.05, 3.63) is 0 Å². The van der Waals surface area contributed by atoms with Crippen LogP contribution in [0.2, 0.25) is 0 Å². The number of ether oxygens (including phenoxy) is 1. The lowest BCUT2D eigenvalue weighted by molar-refractivity contribution is -0.0458. The Morgan fingerprint density at radius 3 is 2.63 bits per heavy atom. The number of hydrogen-bond donors (Lipinski definition) is 1. The maximum atomic E-state index is 5.78. The number of piperazine rings is 1. The molecule has 2 saturated heterocycles. The van der Waals surface area contributed by atoms with E-state index in [-0.39, 0.29) is 5.54 Å². The van der Waals surface area contributed by atoms with Gasteiger partial charge in [0.05, 0.1) is 6.61 Å². The fourth-order valence-corrected chi connectivity index (χ4v) is 3.56. The lowest BCUT2D eigenvalue weighted by Crippen LogP contribution is -2.60. The molecular weight excluding hydrogens is 238 g/mol. The number of likely N-dealkylation sites (N-methyl/N-ethyl adjacent to an activating group) is 1. The van der Waals surface area contributed by atoms with E-state index in [2.05, 4.69) is 43.1 Å². The lowest BCUT2D eigenvalue weighted by atomic mass is 9.81. The second kappa shape index (κ2) is 6.08. The van der Waals surface area contributed by atoms with Gasteiger partial charge in [0.2, 0.25) is 0 Å². The molecule has 4 heteroatoms. The third-order valence-electron chi connectivity index (χ3n) is 4.91. The van der Waals surface area contributed by atoms with Crippen LogP contribution in [0.15, 0.2) is 0 Å². The monoisotopic (exact) mass is 269 g/mol. The molecule has 2 rings (SSSR count). The summed E-state index contributed by atoms with van der Waals surface area (Å²) < 4.78 is 5.78. The van der Waals surface area contributed by atoms with E-state index in [1.807, 2.05) is 0 Å². The van der Waals surface area contributed by atoms with Gasteiger partial charge in [-0.2, -0.15) is 0 Å².